The molecule has 0 fully saturated rings. The van der Waals surface area contributed by atoms with Crippen LogP contribution in [0.4, 0.5) is 4.79 Å². The monoisotopic (exact) mass is 335 g/mol. The zero-order valence-corrected chi connectivity index (χ0v) is 12.7. The van der Waals surface area contributed by atoms with Crippen molar-refractivity contribution >= 4 is 27.8 Å². The standard InChI is InChI=1S/C14H14BrN3O2/c1-4-8(2)18-12(13(16)17-14(18)19)9-5-6-11(20-3)10(15)7-9/h1,5-8,12H,2-3H3,(H2,16,17,19). The highest BCUT2D eigenvalue weighted by atomic mass is 79.9. The van der Waals surface area contributed by atoms with Crippen molar-refractivity contribution in [3.05, 3.63) is 28.2 Å². The lowest BCUT2D eigenvalue weighted by Crippen LogP contribution is -2.38. The first kappa shape index (κ1) is 14.4. The maximum Gasteiger partial charge on any atom is 0.347 e. The maximum atomic E-state index is 11.9. The lowest BCUT2D eigenvalue weighted by atomic mass is 10.0. The number of aliphatic imine (C=N–C) groups is 1. The van der Waals surface area contributed by atoms with Crippen LogP contribution in [0.25, 0.3) is 0 Å². The van der Waals surface area contributed by atoms with Gasteiger partial charge >= 0.3 is 6.03 Å². The minimum absolute atomic E-state index is 0.245. The number of urea groups is 1. The van der Waals surface area contributed by atoms with Gasteiger partial charge in [0.15, 0.2) is 0 Å². The number of halogens is 1. The van der Waals surface area contributed by atoms with E-state index in [9.17, 15) is 4.79 Å². The molecule has 0 saturated carbocycles. The normalized spacial score (nSPS) is 19.5. The van der Waals surface area contributed by atoms with E-state index in [4.69, 9.17) is 16.9 Å². The van der Waals surface area contributed by atoms with Gasteiger partial charge in [-0.3, -0.25) is 4.90 Å². The fourth-order valence-corrected chi connectivity index (χ4v) is 2.69. The van der Waals surface area contributed by atoms with Gasteiger partial charge in [0.25, 0.3) is 0 Å². The molecule has 0 aliphatic carbocycles. The number of carbonyl (C=O) groups excluding carboxylic acids is 1. The van der Waals surface area contributed by atoms with Crippen molar-refractivity contribution < 1.29 is 9.53 Å². The van der Waals surface area contributed by atoms with Crippen LogP contribution < -0.4 is 10.5 Å². The highest BCUT2D eigenvalue weighted by molar-refractivity contribution is 9.10. The maximum absolute atomic E-state index is 11.9. The van der Waals surface area contributed by atoms with Crippen LogP contribution in [0.15, 0.2) is 27.7 Å². The molecule has 1 heterocycles. The van der Waals surface area contributed by atoms with Crippen LogP contribution in [0.3, 0.4) is 0 Å². The molecule has 20 heavy (non-hydrogen) atoms. The summed E-state index contributed by atoms with van der Waals surface area (Å²) in [6, 6.07) is 4.24. The first-order valence-corrected chi connectivity index (χ1v) is 6.74. The highest BCUT2D eigenvalue weighted by Crippen LogP contribution is 2.33. The second-order valence-corrected chi connectivity index (χ2v) is 5.22. The molecule has 1 aliphatic rings. The van der Waals surface area contributed by atoms with Crippen molar-refractivity contribution in [1.82, 2.24) is 4.90 Å². The average molecular weight is 336 g/mol. The number of rotatable bonds is 3. The summed E-state index contributed by atoms with van der Waals surface area (Å²) < 4.78 is 5.96. The predicted octanol–water partition coefficient (Wildman–Crippen LogP) is 2.31. The number of ether oxygens (including phenoxy) is 1. The molecule has 104 valence electrons. The quantitative estimate of drug-likeness (QED) is 0.862. The van der Waals surface area contributed by atoms with E-state index < -0.39 is 18.1 Å². The molecule has 2 amide bonds. The van der Waals surface area contributed by atoms with Crippen LogP contribution >= 0.6 is 15.9 Å². The number of terminal acetylenes is 1. The van der Waals surface area contributed by atoms with E-state index in [1.165, 1.54) is 4.90 Å². The molecule has 2 atom stereocenters. The van der Waals surface area contributed by atoms with Gasteiger partial charge < -0.3 is 10.5 Å². The number of nitrogens with zero attached hydrogens (tertiary/aromatic N) is 2. The van der Waals surface area contributed by atoms with Gasteiger partial charge in [0.1, 0.15) is 17.6 Å². The predicted molar refractivity (Wildman–Crippen MR) is 80.6 cm³/mol. The molecule has 1 aromatic rings. The van der Waals surface area contributed by atoms with Gasteiger partial charge in [-0.05, 0) is 40.5 Å². The summed E-state index contributed by atoms with van der Waals surface area (Å²) in [5.74, 6) is 3.48. The molecule has 0 spiro atoms. The van der Waals surface area contributed by atoms with Crippen LogP contribution in [0.2, 0.25) is 0 Å². The third-order valence-corrected chi connectivity index (χ3v) is 3.77. The largest absolute Gasteiger partial charge is 0.496 e. The minimum Gasteiger partial charge on any atom is -0.496 e. The number of hydrogen-bond donors (Lipinski definition) is 1. The van der Waals surface area contributed by atoms with Gasteiger partial charge in [0.2, 0.25) is 0 Å². The summed E-state index contributed by atoms with van der Waals surface area (Å²) in [5, 5.41) is 0. The van der Waals surface area contributed by atoms with Gasteiger partial charge in [0, 0.05) is 0 Å². The third-order valence-electron chi connectivity index (χ3n) is 3.15. The Morgan fingerprint density at radius 3 is 2.85 bits per heavy atom. The SMILES string of the molecule is C#CC(C)N1C(=O)N=C(N)C1c1ccc(OC)c(Br)c1. The van der Waals surface area contributed by atoms with E-state index in [1.807, 2.05) is 12.1 Å². The number of amides is 2. The van der Waals surface area contributed by atoms with Gasteiger partial charge in [-0.1, -0.05) is 12.0 Å². The number of carbonyl (C=O) groups is 1. The fraction of sp³-hybridized carbons (Fsp3) is 0.286. The van der Waals surface area contributed by atoms with Crippen molar-refractivity contribution in [3.63, 3.8) is 0 Å². The Bertz CT molecular complexity index is 621. The number of methoxy groups -OCH3 is 1. The Hall–Kier alpha value is -2.00. The second-order valence-electron chi connectivity index (χ2n) is 4.37. The second kappa shape index (κ2) is 5.55. The van der Waals surface area contributed by atoms with Crippen LogP contribution in [-0.4, -0.2) is 29.9 Å². The molecule has 1 aliphatic heterocycles. The molecule has 1 aromatic carbocycles. The third kappa shape index (κ3) is 2.37. The molecular weight excluding hydrogens is 322 g/mol. The summed E-state index contributed by atoms with van der Waals surface area (Å²) in [6.45, 7) is 1.76. The van der Waals surface area contributed by atoms with Crippen LogP contribution in [-0.2, 0) is 0 Å². The van der Waals surface area contributed by atoms with E-state index in [-0.39, 0.29) is 5.84 Å². The minimum atomic E-state index is -0.448. The molecule has 0 aromatic heterocycles. The Morgan fingerprint density at radius 1 is 1.60 bits per heavy atom. The van der Waals surface area contributed by atoms with E-state index in [1.54, 1.807) is 20.1 Å². The zero-order valence-electron chi connectivity index (χ0n) is 11.1. The van der Waals surface area contributed by atoms with Crippen molar-refractivity contribution in [1.29, 1.82) is 0 Å². The molecule has 5 nitrogen and oxygen atoms in total. The van der Waals surface area contributed by atoms with Crippen LogP contribution in [0.1, 0.15) is 18.5 Å². The van der Waals surface area contributed by atoms with Crippen molar-refractivity contribution in [2.45, 2.75) is 19.0 Å². The molecule has 2 unspecified atom stereocenters. The van der Waals surface area contributed by atoms with E-state index in [2.05, 4.69) is 26.8 Å². The molecule has 0 radical (unpaired) electrons. The number of nitrogens with two attached hydrogens (primary N) is 1. The lowest BCUT2D eigenvalue weighted by Gasteiger charge is -2.27. The fourth-order valence-electron chi connectivity index (χ4n) is 2.14. The Morgan fingerprint density at radius 2 is 2.30 bits per heavy atom. The number of benzene rings is 1. The van der Waals surface area contributed by atoms with Crippen molar-refractivity contribution in [2.75, 3.05) is 7.11 Å². The highest BCUT2D eigenvalue weighted by Gasteiger charge is 2.37. The first-order valence-electron chi connectivity index (χ1n) is 5.95. The summed E-state index contributed by atoms with van der Waals surface area (Å²) in [5.41, 5.74) is 6.70. The van der Waals surface area contributed by atoms with Gasteiger partial charge in [0.05, 0.1) is 17.6 Å². The van der Waals surface area contributed by atoms with Crippen molar-refractivity contribution in [2.24, 2.45) is 10.7 Å². The lowest BCUT2D eigenvalue weighted by molar-refractivity contribution is 0.199. The smallest absolute Gasteiger partial charge is 0.347 e. The Labute approximate surface area is 125 Å². The average Bonchev–Trinajstić information content (AvgIpc) is 2.72. The summed E-state index contributed by atoms with van der Waals surface area (Å²) in [4.78, 5) is 17.2. The van der Waals surface area contributed by atoms with Gasteiger partial charge in [-0.2, -0.15) is 4.99 Å². The molecule has 0 bridgehead atoms. The van der Waals surface area contributed by atoms with Gasteiger partial charge in [-0.25, -0.2) is 4.79 Å². The van der Waals surface area contributed by atoms with E-state index in [0.717, 1.165) is 10.0 Å². The van der Waals surface area contributed by atoms with Crippen LogP contribution in [0, 0.1) is 12.3 Å². The van der Waals surface area contributed by atoms with Crippen molar-refractivity contribution in [3.8, 4) is 18.1 Å². The topological polar surface area (TPSA) is 67.9 Å². The number of amidine groups is 1. The zero-order chi connectivity index (χ0) is 14.9. The van der Waals surface area contributed by atoms with Crippen LogP contribution in [0.5, 0.6) is 5.75 Å². The summed E-state index contributed by atoms with van der Waals surface area (Å²) in [7, 11) is 1.58. The van der Waals surface area contributed by atoms with E-state index >= 15 is 0 Å². The van der Waals surface area contributed by atoms with Gasteiger partial charge in [-0.15, -0.1) is 6.42 Å². The summed E-state index contributed by atoms with van der Waals surface area (Å²) in [6.07, 6.45) is 5.41. The summed E-state index contributed by atoms with van der Waals surface area (Å²) >= 11 is 3.41. The Kier molecular flexibility index (Phi) is 4.00. The van der Waals surface area contributed by atoms with E-state index in [0.29, 0.717) is 5.75 Å². The Balaban J connectivity index is 2.44. The molecule has 2 rings (SSSR count). The molecule has 6 heteroatoms. The molecule has 0 saturated heterocycles. The first-order chi connectivity index (χ1) is 9.49. The molecule has 2 N–H and O–H groups in total. The number of hydrogen-bond acceptors (Lipinski definition) is 3. The molecular formula is C14H14BrN3O2.